The second-order valence-corrected chi connectivity index (χ2v) is 6.77. The van der Waals surface area contributed by atoms with Gasteiger partial charge in [-0.1, -0.05) is 35.9 Å². The Kier molecular flexibility index (Phi) is 5.92. The number of amides is 1. The molecule has 1 heterocycles. The number of nitrogens with one attached hydrogen (secondary N) is 1. The van der Waals surface area contributed by atoms with Crippen molar-refractivity contribution in [2.24, 2.45) is 0 Å². The zero-order valence-corrected chi connectivity index (χ0v) is 15.8. The smallest absolute Gasteiger partial charge is 0.259 e. The van der Waals surface area contributed by atoms with Gasteiger partial charge in [0.2, 0.25) is 5.43 Å². The number of H-pyrrole nitrogens is 1. The lowest BCUT2D eigenvalue weighted by Crippen LogP contribution is -2.30. The van der Waals surface area contributed by atoms with E-state index < -0.39 is 17.2 Å². The number of aromatic nitrogens is 1. The Hall–Kier alpha value is -2.96. The summed E-state index contributed by atoms with van der Waals surface area (Å²) in [6, 6.07) is 9.78. The molecule has 0 saturated heterocycles. The number of hydrogen-bond acceptors (Lipinski definition) is 3. The summed E-state index contributed by atoms with van der Waals surface area (Å²) in [4.78, 5) is 29.7. The van der Waals surface area contributed by atoms with Crippen LogP contribution in [0.2, 0.25) is 5.02 Å². The van der Waals surface area contributed by atoms with Crippen LogP contribution in [0.4, 0.5) is 4.39 Å². The summed E-state index contributed by atoms with van der Waals surface area (Å²) < 4.78 is 14.3. The van der Waals surface area contributed by atoms with Crippen LogP contribution in [0.5, 0.6) is 0 Å². The Bertz CT molecular complexity index is 1110. The van der Waals surface area contributed by atoms with Gasteiger partial charge in [-0.2, -0.15) is 0 Å². The zero-order valence-electron chi connectivity index (χ0n) is 15.1. The van der Waals surface area contributed by atoms with Gasteiger partial charge in [0.15, 0.2) is 0 Å². The first-order chi connectivity index (χ1) is 13.4. The van der Waals surface area contributed by atoms with Gasteiger partial charge >= 0.3 is 0 Å². The number of benzene rings is 2. The number of halogens is 2. The minimum Gasteiger partial charge on any atom is -0.392 e. The summed E-state index contributed by atoms with van der Waals surface area (Å²) in [6.07, 6.45) is 4.17. The summed E-state index contributed by atoms with van der Waals surface area (Å²) in [6.45, 7) is 0.0884. The second-order valence-electron chi connectivity index (χ2n) is 6.33. The average molecular weight is 401 g/mol. The number of fused-ring (bicyclic) bond motifs is 1. The highest BCUT2D eigenvalue weighted by Gasteiger charge is 2.18. The molecular weight excluding hydrogens is 383 g/mol. The van der Waals surface area contributed by atoms with Crippen molar-refractivity contribution in [2.45, 2.75) is 6.54 Å². The molecule has 0 bridgehead atoms. The highest BCUT2D eigenvalue weighted by atomic mass is 35.5. The molecule has 0 aliphatic rings. The number of rotatable bonds is 5. The number of hydrogen-bond donors (Lipinski definition) is 2. The predicted molar refractivity (Wildman–Crippen MR) is 108 cm³/mol. The fraction of sp³-hybridized carbons (Fsp3) is 0.143. The molecule has 1 amide bonds. The van der Waals surface area contributed by atoms with Crippen molar-refractivity contribution in [2.75, 3.05) is 13.7 Å². The number of nitrogens with zero attached hydrogens (tertiary/aromatic N) is 1. The molecule has 1 aromatic heterocycles. The van der Waals surface area contributed by atoms with Crippen molar-refractivity contribution in [3.8, 4) is 0 Å². The first-order valence-corrected chi connectivity index (χ1v) is 8.90. The molecule has 0 atom stereocenters. The zero-order chi connectivity index (χ0) is 20.3. The van der Waals surface area contributed by atoms with Crippen LogP contribution in [-0.4, -0.2) is 34.6 Å². The maximum Gasteiger partial charge on any atom is 0.259 e. The Labute approximate surface area is 165 Å². The van der Waals surface area contributed by atoms with Crippen LogP contribution in [0.1, 0.15) is 21.5 Å². The Morgan fingerprint density at radius 1 is 1.29 bits per heavy atom. The molecule has 144 valence electrons. The van der Waals surface area contributed by atoms with Crippen molar-refractivity contribution >= 4 is 34.5 Å². The SMILES string of the molecule is CN(Cc1ccc(Cl)cc1)C(=O)c1c[nH]c2c(F)cc(/C=C\CO)cc2c1=O. The number of aliphatic hydroxyl groups excluding tert-OH is 1. The van der Waals surface area contributed by atoms with Gasteiger partial charge in [0, 0.05) is 30.2 Å². The molecule has 28 heavy (non-hydrogen) atoms. The van der Waals surface area contributed by atoms with E-state index in [1.807, 2.05) is 0 Å². The molecule has 0 saturated carbocycles. The number of carbonyl (C=O) groups is 1. The highest BCUT2D eigenvalue weighted by molar-refractivity contribution is 6.30. The van der Waals surface area contributed by atoms with E-state index in [0.29, 0.717) is 17.1 Å². The van der Waals surface area contributed by atoms with Crippen LogP contribution in [0.25, 0.3) is 17.0 Å². The monoisotopic (exact) mass is 400 g/mol. The largest absolute Gasteiger partial charge is 0.392 e. The normalized spacial score (nSPS) is 11.3. The number of carbonyl (C=O) groups excluding carboxylic acids is 1. The van der Waals surface area contributed by atoms with Crippen molar-refractivity contribution < 1.29 is 14.3 Å². The molecule has 0 aliphatic heterocycles. The Balaban J connectivity index is 1.96. The highest BCUT2D eigenvalue weighted by Crippen LogP contribution is 2.18. The van der Waals surface area contributed by atoms with Crippen LogP contribution in [-0.2, 0) is 6.54 Å². The van der Waals surface area contributed by atoms with E-state index in [2.05, 4.69) is 4.98 Å². The van der Waals surface area contributed by atoms with E-state index in [0.717, 1.165) is 5.56 Å². The molecule has 2 aromatic carbocycles. The minimum absolute atomic E-state index is 0.0306. The van der Waals surface area contributed by atoms with E-state index in [9.17, 15) is 14.0 Å². The molecule has 7 heteroatoms. The minimum atomic E-state index is -0.610. The van der Waals surface area contributed by atoms with E-state index in [-0.39, 0.29) is 23.1 Å². The quantitative estimate of drug-likeness (QED) is 0.687. The van der Waals surface area contributed by atoms with E-state index in [1.165, 1.54) is 35.4 Å². The fourth-order valence-corrected chi connectivity index (χ4v) is 3.02. The van der Waals surface area contributed by atoms with E-state index >= 15 is 0 Å². The van der Waals surface area contributed by atoms with Gasteiger partial charge in [-0.15, -0.1) is 0 Å². The van der Waals surface area contributed by atoms with Gasteiger partial charge in [0.25, 0.3) is 5.91 Å². The molecule has 2 N–H and O–H groups in total. The summed E-state index contributed by atoms with van der Waals surface area (Å²) >= 11 is 5.86. The van der Waals surface area contributed by atoms with Crippen molar-refractivity contribution in [1.82, 2.24) is 9.88 Å². The van der Waals surface area contributed by atoms with Crippen LogP contribution in [0.15, 0.2) is 53.5 Å². The van der Waals surface area contributed by atoms with Crippen molar-refractivity contribution in [1.29, 1.82) is 0 Å². The van der Waals surface area contributed by atoms with Crippen LogP contribution < -0.4 is 5.43 Å². The average Bonchev–Trinajstić information content (AvgIpc) is 2.68. The van der Waals surface area contributed by atoms with Crippen molar-refractivity contribution in [3.63, 3.8) is 0 Å². The predicted octanol–water partition coefficient (Wildman–Crippen LogP) is 3.60. The standard InChI is InChI=1S/C21H18ClFN2O3/c1-25(12-13-4-6-15(22)7-5-13)21(28)17-11-24-19-16(20(17)27)9-14(3-2-8-26)10-18(19)23/h2-7,9-11,26H,8,12H2,1H3,(H,24,27)/b3-2-. The lowest BCUT2D eigenvalue weighted by Gasteiger charge is -2.17. The molecule has 3 aromatic rings. The molecule has 0 radical (unpaired) electrons. The Morgan fingerprint density at radius 2 is 2.00 bits per heavy atom. The Morgan fingerprint density at radius 3 is 2.68 bits per heavy atom. The first kappa shape index (κ1) is 19.8. The molecule has 0 fully saturated rings. The van der Waals surface area contributed by atoms with Gasteiger partial charge in [0.05, 0.1) is 12.1 Å². The van der Waals surface area contributed by atoms with Gasteiger partial charge in [-0.05, 0) is 35.4 Å². The van der Waals surface area contributed by atoms with Gasteiger partial charge < -0.3 is 15.0 Å². The third-order valence-corrected chi connectivity index (χ3v) is 4.54. The van der Waals surface area contributed by atoms with Gasteiger partial charge in [-0.3, -0.25) is 9.59 Å². The molecule has 5 nitrogen and oxygen atoms in total. The maximum atomic E-state index is 14.3. The summed E-state index contributed by atoms with van der Waals surface area (Å²) in [7, 11) is 1.58. The third kappa shape index (κ3) is 4.13. The topological polar surface area (TPSA) is 73.4 Å². The van der Waals surface area contributed by atoms with Crippen molar-refractivity contribution in [3.05, 3.63) is 86.4 Å². The molecule has 0 aliphatic carbocycles. The van der Waals surface area contributed by atoms with E-state index in [4.69, 9.17) is 16.7 Å². The maximum absolute atomic E-state index is 14.3. The molecule has 0 unspecified atom stereocenters. The number of aromatic amines is 1. The third-order valence-electron chi connectivity index (χ3n) is 4.29. The number of pyridine rings is 1. The van der Waals surface area contributed by atoms with E-state index in [1.54, 1.807) is 31.3 Å². The first-order valence-electron chi connectivity index (χ1n) is 8.53. The van der Waals surface area contributed by atoms with Gasteiger partial charge in [-0.25, -0.2) is 4.39 Å². The summed E-state index contributed by atoms with van der Waals surface area (Å²) in [5.74, 6) is -1.09. The number of aliphatic hydroxyl groups is 1. The van der Waals surface area contributed by atoms with Gasteiger partial charge in [0.1, 0.15) is 11.4 Å². The molecular formula is C21H18ClFN2O3. The summed E-state index contributed by atoms with van der Waals surface area (Å²) in [5, 5.41) is 9.54. The molecule has 0 spiro atoms. The summed E-state index contributed by atoms with van der Waals surface area (Å²) in [5.41, 5.74) is 0.679. The van der Waals surface area contributed by atoms with Crippen LogP contribution in [0, 0.1) is 5.82 Å². The van der Waals surface area contributed by atoms with Crippen LogP contribution in [0.3, 0.4) is 0 Å². The lowest BCUT2D eigenvalue weighted by atomic mass is 10.1. The second kappa shape index (κ2) is 8.37. The lowest BCUT2D eigenvalue weighted by molar-refractivity contribution is 0.0783. The van der Waals surface area contributed by atoms with Crippen LogP contribution >= 0.6 is 11.6 Å². The fourth-order valence-electron chi connectivity index (χ4n) is 2.89. The molecule has 3 rings (SSSR count).